The van der Waals surface area contributed by atoms with Crippen molar-refractivity contribution in [1.82, 2.24) is 4.72 Å². The summed E-state index contributed by atoms with van der Waals surface area (Å²) >= 11 is 0. The number of hydrogen-bond donors (Lipinski definition) is 2. The molecule has 1 aliphatic rings. The molecule has 0 spiro atoms. The fourth-order valence-corrected chi connectivity index (χ4v) is 3.36. The molecule has 0 saturated carbocycles. The van der Waals surface area contributed by atoms with Gasteiger partial charge < -0.3 is 5.73 Å². The first kappa shape index (κ1) is 13.1. The number of hydrogen-bond acceptors (Lipinski definition) is 3. The third kappa shape index (κ3) is 2.73. The second kappa shape index (κ2) is 5.12. The summed E-state index contributed by atoms with van der Waals surface area (Å²) in [6, 6.07) is 4.89. The minimum Gasteiger partial charge on any atom is -0.398 e. The Bertz CT molecular complexity index is 556. The average Bonchev–Trinajstić information content (AvgIpc) is 2.81. The van der Waals surface area contributed by atoms with Crippen LogP contribution in [0, 0.1) is 0 Å². The van der Waals surface area contributed by atoms with Crippen LogP contribution in [-0.4, -0.2) is 14.5 Å². The van der Waals surface area contributed by atoms with Crippen LogP contribution in [0.4, 0.5) is 5.69 Å². The zero-order chi connectivity index (χ0) is 13.2. The molecule has 0 amide bonds. The second-order valence-electron chi connectivity index (χ2n) is 4.48. The standard InChI is InChI=1S/C13H18N2O2S/c1-2-10-7-8-12(9-13(10)14)18(16,17)15-11-5-3-4-6-11/h3-4,7-9,11,15H,2,5-6,14H2,1H3. The molecule has 0 bridgehead atoms. The highest BCUT2D eigenvalue weighted by Gasteiger charge is 2.21. The van der Waals surface area contributed by atoms with E-state index >= 15 is 0 Å². The van der Waals surface area contributed by atoms with Crippen LogP contribution in [0.2, 0.25) is 0 Å². The van der Waals surface area contributed by atoms with E-state index in [1.165, 1.54) is 6.07 Å². The zero-order valence-corrected chi connectivity index (χ0v) is 11.2. The predicted molar refractivity (Wildman–Crippen MR) is 72.7 cm³/mol. The van der Waals surface area contributed by atoms with Crippen LogP contribution in [0.1, 0.15) is 25.3 Å². The normalized spacial score (nSPS) is 16.3. The van der Waals surface area contributed by atoms with Crippen LogP contribution in [0.5, 0.6) is 0 Å². The van der Waals surface area contributed by atoms with Crippen molar-refractivity contribution < 1.29 is 8.42 Å². The summed E-state index contributed by atoms with van der Waals surface area (Å²) in [7, 11) is -3.46. The molecule has 0 aliphatic heterocycles. The van der Waals surface area contributed by atoms with Gasteiger partial charge in [-0.05, 0) is 37.0 Å². The second-order valence-corrected chi connectivity index (χ2v) is 6.19. The monoisotopic (exact) mass is 266 g/mol. The van der Waals surface area contributed by atoms with Crippen molar-refractivity contribution in [2.24, 2.45) is 0 Å². The highest BCUT2D eigenvalue weighted by atomic mass is 32.2. The van der Waals surface area contributed by atoms with Gasteiger partial charge in [-0.15, -0.1) is 0 Å². The van der Waals surface area contributed by atoms with E-state index in [0.717, 1.165) is 24.8 Å². The number of aryl methyl sites for hydroxylation is 1. The molecule has 4 nitrogen and oxygen atoms in total. The highest BCUT2D eigenvalue weighted by Crippen LogP contribution is 2.20. The van der Waals surface area contributed by atoms with Gasteiger partial charge in [-0.25, -0.2) is 13.1 Å². The van der Waals surface area contributed by atoms with E-state index in [1.54, 1.807) is 12.1 Å². The number of nitrogens with one attached hydrogen (secondary N) is 1. The van der Waals surface area contributed by atoms with Gasteiger partial charge in [0.1, 0.15) is 0 Å². The Morgan fingerprint density at radius 2 is 2.00 bits per heavy atom. The molecule has 0 fully saturated rings. The molecular weight excluding hydrogens is 248 g/mol. The van der Waals surface area contributed by atoms with Gasteiger partial charge in [-0.3, -0.25) is 0 Å². The average molecular weight is 266 g/mol. The van der Waals surface area contributed by atoms with Crippen LogP contribution in [0.15, 0.2) is 35.2 Å². The molecule has 1 aromatic carbocycles. The van der Waals surface area contributed by atoms with Crippen molar-refractivity contribution >= 4 is 15.7 Å². The quantitative estimate of drug-likeness (QED) is 0.645. The fourth-order valence-electron chi connectivity index (χ4n) is 2.06. The van der Waals surface area contributed by atoms with Crippen molar-refractivity contribution in [2.45, 2.75) is 37.1 Å². The summed E-state index contributed by atoms with van der Waals surface area (Å²) < 4.78 is 27.0. The van der Waals surface area contributed by atoms with E-state index < -0.39 is 10.0 Å². The number of benzene rings is 1. The molecule has 3 N–H and O–H groups in total. The summed E-state index contributed by atoms with van der Waals surface area (Å²) in [6.07, 6.45) is 6.28. The SMILES string of the molecule is CCc1ccc(S(=O)(=O)NC2CC=CC2)cc1N. The Morgan fingerprint density at radius 3 is 2.56 bits per heavy atom. The molecule has 0 radical (unpaired) electrons. The number of nitrogens with two attached hydrogens (primary N) is 1. The van der Waals surface area contributed by atoms with Gasteiger partial charge in [0.2, 0.25) is 10.0 Å². The molecule has 1 aliphatic carbocycles. The van der Waals surface area contributed by atoms with Gasteiger partial charge in [0.05, 0.1) is 4.90 Å². The lowest BCUT2D eigenvalue weighted by atomic mass is 10.1. The van der Waals surface area contributed by atoms with Gasteiger partial charge in [-0.2, -0.15) is 0 Å². The van der Waals surface area contributed by atoms with E-state index in [4.69, 9.17) is 5.73 Å². The minimum atomic E-state index is -3.46. The molecule has 0 aromatic heterocycles. The summed E-state index contributed by atoms with van der Waals surface area (Å²) in [5.74, 6) is 0. The topological polar surface area (TPSA) is 72.2 Å². The molecule has 0 heterocycles. The van der Waals surface area contributed by atoms with Crippen LogP contribution in [-0.2, 0) is 16.4 Å². The van der Waals surface area contributed by atoms with Gasteiger partial charge in [0.25, 0.3) is 0 Å². The summed E-state index contributed by atoms with van der Waals surface area (Å²) in [5, 5.41) is 0. The molecule has 5 heteroatoms. The van der Waals surface area contributed by atoms with Crippen LogP contribution in [0.25, 0.3) is 0 Å². The Balaban J connectivity index is 2.21. The number of anilines is 1. The number of rotatable bonds is 4. The van der Waals surface area contributed by atoms with Gasteiger partial charge in [0.15, 0.2) is 0 Å². The Kier molecular flexibility index (Phi) is 3.73. The third-order valence-electron chi connectivity index (χ3n) is 3.14. The van der Waals surface area contributed by atoms with Gasteiger partial charge in [0, 0.05) is 11.7 Å². The van der Waals surface area contributed by atoms with Crippen molar-refractivity contribution in [3.8, 4) is 0 Å². The van der Waals surface area contributed by atoms with E-state index in [1.807, 2.05) is 19.1 Å². The Labute approximate surface area is 108 Å². The predicted octanol–water partition coefficient (Wildman–Crippen LogP) is 1.83. The van der Waals surface area contributed by atoms with E-state index in [-0.39, 0.29) is 10.9 Å². The fraction of sp³-hybridized carbons (Fsp3) is 0.385. The molecule has 0 unspecified atom stereocenters. The zero-order valence-electron chi connectivity index (χ0n) is 10.4. The summed E-state index contributed by atoms with van der Waals surface area (Å²) in [5.41, 5.74) is 7.33. The maximum absolute atomic E-state index is 12.1. The van der Waals surface area contributed by atoms with Crippen LogP contribution < -0.4 is 10.5 Å². The van der Waals surface area contributed by atoms with Gasteiger partial charge in [-0.1, -0.05) is 25.1 Å². The maximum atomic E-state index is 12.1. The summed E-state index contributed by atoms with van der Waals surface area (Å²) in [6.45, 7) is 1.99. The maximum Gasteiger partial charge on any atom is 0.240 e. The van der Waals surface area contributed by atoms with Crippen molar-refractivity contribution in [3.63, 3.8) is 0 Å². The Morgan fingerprint density at radius 1 is 1.33 bits per heavy atom. The van der Waals surface area contributed by atoms with Gasteiger partial charge >= 0.3 is 0 Å². The number of nitrogen functional groups attached to an aromatic ring is 1. The first-order valence-corrected chi connectivity index (χ1v) is 7.57. The molecule has 98 valence electrons. The van der Waals surface area contributed by atoms with Crippen molar-refractivity contribution in [2.75, 3.05) is 5.73 Å². The minimum absolute atomic E-state index is 0.0259. The third-order valence-corrected chi connectivity index (χ3v) is 4.66. The molecular formula is C13H18N2O2S. The first-order chi connectivity index (χ1) is 8.53. The Hall–Kier alpha value is -1.33. The lowest BCUT2D eigenvalue weighted by Crippen LogP contribution is -2.32. The lowest BCUT2D eigenvalue weighted by molar-refractivity contribution is 0.557. The molecule has 1 aromatic rings. The van der Waals surface area contributed by atoms with Crippen molar-refractivity contribution in [1.29, 1.82) is 0 Å². The lowest BCUT2D eigenvalue weighted by Gasteiger charge is -2.13. The molecule has 0 atom stereocenters. The smallest absolute Gasteiger partial charge is 0.240 e. The van der Waals surface area contributed by atoms with Crippen LogP contribution >= 0.6 is 0 Å². The van der Waals surface area contributed by atoms with Crippen LogP contribution in [0.3, 0.4) is 0 Å². The highest BCUT2D eigenvalue weighted by molar-refractivity contribution is 7.89. The van der Waals surface area contributed by atoms with Crippen molar-refractivity contribution in [3.05, 3.63) is 35.9 Å². The first-order valence-electron chi connectivity index (χ1n) is 6.08. The van der Waals surface area contributed by atoms with E-state index in [2.05, 4.69) is 4.72 Å². The molecule has 0 saturated heterocycles. The molecule has 18 heavy (non-hydrogen) atoms. The summed E-state index contributed by atoms with van der Waals surface area (Å²) in [4.78, 5) is 0.240. The van der Waals surface area contributed by atoms with E-state index in [9.17, 15) is 8.42 Å². The molecule has 2 rings (SSSR count). The van der Waals surface area contributed by atoms with E-state index in [0.29, 0.717) is 5.69 Å². The number of sulfonamides is 1. The largest absolute Gasteiger partial charge is 0.398 e.